The van der Waals surface area contributed by atoms with Gasteiger partial charge in [-0.2, -0.15) is 18.3 Å². The van der Waals surface area contributed by atoms with Crippen LogP contribution in [0.2, 0.25) is 0 Å². The van der Waals surface area contributed by atoms with Gasteiger partial charge in [0.1, 0.15) is 6.04 Å². The fraction of sp³-hybridized carbons (Fsp3) is 0.400. The molecule has 0 saturated carbocycles. The van der Waals surface area contributed by atoms with Gasteiger partial charge in [-0.1, -0.05) is 0 Å². The topological polar surface area (TPSA) is 54.7 Å². The molecule has 11 heavy (non-hydrogen) atoms. The maximum Gasteiger partial charge on any atom is 0.409 e. The van der Waals surface area contributed by atoms with Crippen molar-refractivity contribution in [3.63, 3.8) is 0 Å². The molecule has 1 rings (SSSR count). The number of alkyl halides is 3. The van der Waals surface area contributed by atoms with E-state index in [1.54, 1.807) is 0 Å². The summed E-state index contributed by atoms with van der Waals surface area (Å²) in [5.41, 5.74) is 4.69. The number of halogens is 3. The second-order valence-electron chi connectivity index (χ2n) is 2.03. The second-order valence-corrected chi connectivity index (χ2v) is 2.03. The van der Waals surface area contributed by atoms with Crippen molar-refractivity contribution in [3.8, 4) is 0 Å². The van der Waals surface area contributed by atoms with Crippen molar-refractivity contribution in [3.05, 3.63) is 18.0 Å². The Labute approximate surface area is 60.4 Å². The van der Waals surface area contributed by atoms with Crippen LogP contribution in [0.3, 0.4) is 0 Å². The maximum atomic E-state index is 11.8. The average molecular weight is 165 g/mol. The molecule has 1 atom stereocenters. The van der Waals surface area contributed by atoms with Crippen LogP contribution in [0, 0.1) is 0 Å². The first-order valence-corrected chi connectivity index (χ1v) is 2.83. The lowest BCUT2D eigenvalue weighted by atomic mass is 10.2. The smallest absolute Gasteiger partial charge is 0.315 e. The van der Waals surface area contributed by atoms with E-state index in [0.717, 1.165) is 0 Å². The summed E-state index contributed by atoms with van der Waals surface area (Å²) in [5, 5.41) is 5.50. The van der Waals surface area contributed by atoms with Gasteiger partial charge in [0.25, 0.3) is 0 Å². The molecule has 0 bridgehead atoms. The largest absolute Gasteiger partial charge is 0.409 e. The minimum Gasteiger partial charge on any atom is -0.315 e. The fourth-order valence-electron chi connectivity index (χ4n) is 0.616. The molecule has 0 aromatic carbocycles. The van der Waals surface area contributed by atoms with Crippen LogP contribution in [0.15, 0.2) is 12.3 Å². The third-order valence-electron chi connectivity index (χ3n) is 1.21. The Balaban J connectivity index is 2.78. The van der Waals surface area contributed by atoms with E-state index in [-0.39, 0.29) is 5.69 Å². The highest BCUT2D eigenvalue weighted by Gasteiger charge is 2.38. The summed E-state index contributed by atoms with van der Waals surface area (Å²) in [5.74, 6) is 0. The van der Waals surface area contributed by atoms with Gasteiger partial charge in [0, 0.05) is 6.20 Å². The SMILES string of the molecule is NC(c1ccn[nH]1)C(F)(F)F. The number of rotatable bonds is 1. The van der Waals surface area contributed by atoms with E-state index in [0.29, 0.717) is 0 Å². The molecule has 62 valence electrons. The monoisotopic (exact) mass is 165 g/mol. The van der Waals surface area contributed by atoms with E-state index in [4.69, 9.17) is 5.73 Å². The summed E-state index contributed by atoms with van der Waals surface area (Å²) in [6.07, 6.45) is -3.19. The van der Waals surface area contributed by atoms with Crippen molar-refractivity contribution in [2.24, 2.45) is 5.73 Å². The highest BCUT2D eigenvalue weighted by Crippen LogP contribution is 2.28. The standard InChI is InChI=1S/C5H6F3N3/c6-5(7,8)4(9)3-1-2-10-11-3/h1-2,4H,9H2,(H,10,11). The van der Waals surface area contributed by atoms with Crippen LogP contribution in [0.5, 0.6) is 0 Å². The molecule has 1 unspecified atom stereocenters. The molecular formula is C5H6F3N3. The Morgan fingerprint density at radius 1 is 1.55 bits per heavy atom. The Morgan fingerprint density at radius 3 is 2.55 bits per heavy atom. The molecule has 0 amide bonds. The Bertz CT molecular complexity index is 215. The van der Waals surface area contributed by atoms with Gasteiger partial charge < -0.3 is 5.73 Å². The third kappa shape index (κ3) is 1.70. The van der Waals surface area contributed by atoms with Crippen LogP contribution in [-0.4, -0.2) is 16.4 Å². The first-order chi connectivity index (χ1) is 5.02. The summed E-state index contributed by atoms with van der Waals surface area (Å²) < 4.78 is 35.5. The maximum absolute atomic E-state index is 11.8. The van der Waals surface area contributed by atoms with E-state index in [9.17, 15) is 13.2 Å². The first-order valence-electron chi connectivity index (χ1n) is 2.83. The summed E-state index contributed by atoms with van der Waals surface area (Å²) in [4.78, 5) is 0. The lowest BCUT2D eigenvalue weighted by molar-refractivity contribution is -0.150. The quantitative estimate of drug-likeness (QED) is 0.651. The third-order valence-corrected chi connectivity index (χ3v) is 1.21. The molecule has 0 saturated heterocycles. The van der Waals surface area contributed by atoms with Crippen molar-refractivity contribution in [2.45, 2.75) is 12.2 Å². The van der Waals surface area contributed by atoms with E-state index >= 15 is 0 Å². The molecule has 6 heteroatoms. The normalized spacial score (nSPS) is 14.9. The summed E-state index contributed by atoms with van der Waals surface area (Å²) in [6.45, 7) is 0. The first kappa shape index (κ1) is 8.06. The molecule has 1 heterocycles. The van der Waals surface area contributed by atoms with E-state index in [1.165, 1.54) is 12.3 Å². The second kappa shape index (κ2) is 2.54. The molecule has 0 aliphatic heterocycles. The van der Waals surface area contributed by atoms with E-state index < -0.39 is 12.2 Å². The van der Waals surface area contributed by atoms with Crippen molar-refractivity contribution < 1.29 is 13.2 Å². The van der Waals surface area contributed by atoms with Gasteiger partial charge in [-0.25, -0.2) is 0 Å². The number of nitrogens with one attached hydrogen (secondary N) is 1. The number of H-pyrrole nitrogens is 1. The van der Waals surface area contributed by atoms with Gasteiger partial charge in [0.2, 0.25) is 0 Å². The zero-order valence-electron chi connectivity index (χ0n) is 5.39. The zero-order chi connectivity index (χ0) is 8.48. The Hall–Kier alpha value is -1.04. The van der Waals surface area contributed by atoms with Crippen LogP contribution in [0.25, 0.3) is 0 Å². The fourth-order valence-corrected chi connectivity index (χ4v) is 0.616. The molecule has 3 nitrogen and oxygen atoms in total. The molecule has 3 N–H and O–H groups in total. The average Bonchev–Trinajstić information content (AvgIpc) is 2.34. The number of nitrogens with zero attached hydrogens (tertiary/aromatic N) is 1. The molecule has 0 aliphatic carbocycles. The number of nitrogens with two attached hydrogens (primary N) is 1. The molecule has 1 aromatic heterocycles. The molecule has 1 aromatic rings. The van der Waals surface area contributed by atoms with Crippen molar-refractivity contribution in [1.29, 1.82) is 0 Å². The number of hydrogen-bond acceptors (Lipinski definition) is 2. The predicted molar refractivity (Wildman–Crippen MR) is 31.6 cm³/mol. The van der Waals surface area contributed by atoms with Gasteiger partial charge in [0.15, 0.2) is 0 Å². The number of hydrogen-bond donors (Lipinski definition) is 2. The van der Waals surface area contributed by atoms with Gasteiger partial charge >= 0.3 is 6.18 Å². The number of aromatic nitrogens is 2. The molecule has 0 fully saturated rings. The van der Waals surface area contributed by atoms with Gasteiger partial charge in [-0.3, -0.25) is 5.10 Å². The highest BCUT2D eigenvalue weighted by atomic mass is 19.4. The van der Waals surface area contributed by atoms with Crippen LogP contribution >= 0.6 is 0 Å². The van der Waals surface area contributed by atoms with Crippen molar-refractivity contribution in [2.75, 3.05) is 0 Å². The molecule has 0 spiro atoms. The highest BCUT2D eigenvalue weighted by molar-refractivity contribution is 5.05. The van der Waals surface area contributed by atoms with E-state index in [1.807, 2.05) is 0 Å². The van der Waals surface area contributed by atoms with Crippen molar-refractivity contribution >= 4 is 0 Å². The van der Waals surface area contributed by atoms with Crippen LogP contribution in [-0.2, 0) is 0 Å². The van der Waals surface area contributed by atoms with Gasteiger partial charge in [0.05, 0.1) is 5.69 Å². The summed E-state index contributed by atoms with van der Waals surface area (Å²) >= 11 is 0. The lowest BCUT2D eigenvalue weighted by Gasteiger charge is -2.12. The molecule has 0 radical (unpaired) electrons. The van der Waals surface area contributed by atoms with E-state index in [2.05, 4.69) is 10.2 Å². The van der Waals surface area contributed by atoms with Gasteiger partial charge in [-0.15, -0.1) is 0 Å². The zero-order valence-corrected chi connectivity index (χ0v) is 5.39. The Kier molecular flexibility index (Phi) is 1.86. The summed E-state index contributed by atoms with van der Waals surface area (Å²) in [6, 6.07) is -0.775. The van der Waals surface area contributed by atoms with Crippen LogP contribution in [0.4, 0.5) is 13.2 Å². The number of aromatic amines is 1. The minimum atomic E-state index is -4.41. The lowest BCUT2D eigenvalue weighted by Crippen LogP contribution is -2.28. The minimum absolute atomic E-state index is 0.127. The molecule has 0 aliphatic rings. The van der Waals surface area contributed by atoms with Crippen LogP contribution in [0.1, 0.15) is 11.7 Å². The van der Waals surface area contributed by atoms with Crippen LogP contribution < -0.4 is 5.73 Å². The van der Waals surface area contributed by atoms with Crippen molar-refractivity contribution in [1.82, 2.24) is 10.2 Å². The van der Waals surface area contributed by atoms with Gasteiger partial charge in [-0.05, 0) is 6.07 Å². The Morgan fingerprint density at radius 2 is 2.18 bits per heavy atom. The summed E-state index contributed by atoms with van der Waals surface area (Å²) in [7, 11) is 0. The predicted octanol–water partition coefficient (Wildman–Crippen LogP) is 0.972. The molecular weight excluding hydrogens is 159 g/mol.